The summed E-state index contributed by atoms with van der Waals surface area (Å²) in [5, 5.41) is 1.94. The van der Waals surface area contributed by atoms with Crippen molar-refractivity contribution >= 4 is 11.6 Å². The highest BCUT2D eigenvalue weighted by atomic mass is 19.4. The van der Waals surface area contributed by atoms with Gasteiger partial charge in [-0.2, -0.15) is 0 Å². The van der Waals surface area contributed by atoms with E-state index in [1.54, 1.807) is 0 Å². The van der Waals surface area contributed by atoms with Crippen LogP contribution in [0.1, 0.15) is 0 Å². The molecule has 3 nitrogen and oxygen atoms in total. The molecule has 88 valence electrons. The van der Waals surface area contributed by atoms with E-state index in [-0.39, 0.29) is 5.69 Å². The second-order valence-corrected chi connectivity index (χ2v) is 2.73. The molecule has 0 radical (unpaired) electrons. The van der Waals surface area contributed by atoms with Crippen LogP contribution in [0.5, 0.6) is 5.75 Å². The Hall–Kier alpha value is -1.79. The number of rotatable bonds is 3. The van der Waals surface area contributed by atoms with E-state index < -0.39 is 24.7 Å². The molecule has 0 aliphatic heterocycles. The number of hydrogen-bond donors (Lipinski definition) is 1. The molecule has 0 saturated heterocycles. The molecule has 1 aromatic carbocycles. The van der Waals surface area contributed by atoms with Gasteiger partial charge in [0.1, 0.15) is 0 Å². The Kier molecular flexibility index (Phi) is 3.70. The molecule has 0 saturated carbocycles. The number of para-hydroxylation sites is 2. The lowest BCUT2D eigenvalue weighted by Gasteiger charge is -2.12. The fourth-order valence-electron chi connectivity index (χ4n) is 0.967. The zero-order valence-electron chi connectivity index (χ0n) is 7.84. The van der Waals surface area contributed by atoms with Gasteiger partial charge in [-0.1, -0.05) is 12.1 Å². The van der Waals surface area contributed by atoms with Crippen LogP contribution in [0.2, 0.25) is 0 Å². The van der Waals surface area contributed by atoms with Crippen LogP contribution in [-0.2, 0) is 4.79 Å². The van der Waals surface area contributed by atoms with E-state index in [0.29, 0.717) is 0 Å². The van der Waals surface area contributed by atoms with Gasteiger partial charge in [0, 0.05) is 0 Å². The van der Waals surface area contributed by atoms with Gasteiger partial charge in [0.25, 0.3) is 5.91 Å². The highest BCUT2D eigenvalue weighted by Gasteiger charge is 2.32. The molecule has 0 aliphatic rings. The van der Waals surface area contributed by atoms with Crippen molar-refractivity contribution in [2.75, 3.05) is 12.0 Å². The normalized spacial score (nSPS) is 11.0. The number of anilines is 1. The van der Waals surface area contributed by atoms with Crippen molar-refractivity contribution in [1.82, 2.24) is 0 Å². The van der Waals surface area contributed by atoms with Gasteiger partial charge < -0.3 is 10.1 Å². The van der Waals surface area contributed by atoms with Crippen molar-refractivity contribution in [3.8, 4) is 5.75 Å². The molecular formula is C9H7F4NO2. The zero-order valence-corrected chi connectivity index (χ0v) is 7.84. The predicted octanol–water partition coefficient (Wildman–Crippen LogP) is 2.49. The van der Waals surface area contributed by atoms with Crippen LogP contribution in [0.25, 0.3) is 0 Å². The van der Waals surface area contributed by atoms with Crippen LogP contribution in [0.4, 0.5) is 23.2 Å². The minimum absolute atomic E-state index is 0.234. The monoisotopic (exact) mass is 237 g/mol. The highest BCUT2D eigenvalue weighted by molar-refractivity contribution is 5.93. The second-order valence-electron chi connectivity index (χ2n) is 2.73. The Bertz CT molecular complexity index is 378. The van der Waals surface area contributed by atoms with Gasteiger partial charge in [0.05, 0.1) is 5.69 Å². The molecule has 1 aromatic rings. The van der Waals surface area contributed by atoms with Crippen molar-refractivity contribution in [1.29, 1.82) is 0 Å². The van der Waals surface area contributed by atoms with Crippen molar-refractivity contribution < 1.29 is 27.1 Å². The molecule has 7 heteroatoms. The molecule has 0 aromatic heterocycles. The van der Waals surface area contributed by atoms with Gasteiger partial charge in [-0.25, -0.2) is 4.39 Å². The molecule has 0 fully saturated rings. The van der Waals surface area contributed by atoms with Crippen molar-refractivity contribution in [2.45, 2.75) is 6.36 Å². The minimum atomic E-state index is -4.86. The lowest BCUT2D eigenvalue weighted by molar-refractivity contribution is -0.274. The number of hydrogen-bond acceptors (Lipinski definition) is 2. The number of nitrogens with one attached hydrogen (secondary N) is 1. The molecule has 0 spiro atoms. The van der Waals surface area contributed by atoms with Crippen LogP contribution in [-0.4, -0.2) is 18.9 Å². The number of amides is 1. The van der Waals surface area contributed by atoms with Gasteiger partial charge in [0.2, 0.25) is 0 Å². The van der Waals surface area contributed by atoms with Gasteiger partial charge in [-0.05, 0) is 12.1 Å². The Morgan fingerprint density at radius 3 is 2.50 bits per heavy atom. The summed E-state index contributed by atoms with van der Waals surface area (Å²) in [4.78, 5) is 10.7. The lowest BCUT2D eigenvalue weighted by Crippen LogP contribution is -2.20. The summed E-state index contributed by atoms with van der Waals surface area (Å²) in [6.07, 6.45) is -4.86. The maximum absolute atomic E-state index is 11.9. The smallest absolute Gasteiger partial charge is 0.404 e. The molecule has 0 atom stereocenters. The van der Waals surface area contributed by atoms with E-state index in [4.69, 9.17) is 0 Å². The SMILES string of the molecule is O=C(CF)Nc1ccccc1OC(F)(F)F. The van der Waals surface area contributed by atoms with Gasteiger partial charge in [0.15, 0.2) is 12.4 Å². The van der Waals surface area contributed by atoms with E-state index in [9.17, 15) is 22.4 Å². The van der Waals surface area contributed by atoms with Crippen molar-refractivity contribution in [2.24, 2.45) is 0 Å². The first-order valence-corrected chi connectivity index (χ1v) is 4.13. The van der Waals surface area contributed by atoms with Gasteiger partial charge >= 0.3 is 6.36 Å². The maximum atomic E-state index is 11.9. The first kappa shape index (κ1) is 12.3. The number of carbonyl (C=O) groups is 1. The summed E-state index contributed by atoms with van der Waals surface area (Å²) in [5.41, 5.74) is -0.234. The molecule has 0 bridgehead atoms. The quantitative estimate of drug-likeness (QED) is 0.820. The van der Waals surface area contributed by atoms with Crippen LogP contribution in [0, 0.1) is 0 Å². The standard InChI is InChI=1S/C9H7F4NO2/c10-5-8(15)14-6-3-1-2-4-7(6)16-9(11,12)13/h1-4H,5H2,(H,14,15). The zero-order chi connectivity index (χ0) is 12.2. The van der Waals surface area contributed by atoms with E-state index in [2.05, 4.69) is 4.74 Å². The molecular weight excluding hydrogens is 230 g/mol. The fourth-order valence-corrected chi connectivity index (χ4v) is 0.967. The summed E-state index contributed by atoms with van der Waals surface area (Å²) in [6.45, 7) is -1.32. The van der Waals surface area contributed by atoms with E-state index in [1.807, 2.05) is 5.32 Å². The number of alkyl halides is 4. The first-order chi connectivity index (χ1) is 7.42. The summed E-state index contributed by atoms with van der Waals surface area (Å²) < 4.78 is 51.3. The number of carbonyl (C=O) groups excluding carboxylic acids is 1. The maximum Gasteiger partial charge on any atom is 0.573 e. The number of halogens is 4. The Balaban J connectivity index is 2.87. The third kappa shape index (κ3) is 3.76. The molecule has 0 aliphatic carbocycles. The van der Waals surface area contributed by atoms with Gasteiger partial charge in [-0.15, -0.1) is 13.2 Å². The third-order valence-corrected chi connectivity index (χ3v) is 1.51. The topological polar surface area (TPSA) is 38.3 Å². The van der Waals surface area contributed by atoms with E-state index >= 15 is 0 Å². The minimum Gasteiger partial charge on any atom is -0.404 e. The number of benzene rings is 1. The average molecular weight is 237 g/mol. The van der Waals surface area contributed by atoms with E-state index in [0.717, 1.165) is 6.07 Å². The molecule has 1 amide bonds. The third-order valence-electron chi connectivity index (χ3n) is 1.51. The highest BCUT2D eigenvalue weighted by Crippen LogP contribution is 2.29. The van der Waals surface area contributed by atoms with Crippen LogP contribution >= 0.6 is 0 Å². The first-order valence-electron chi connectivity index (χ1n) is 4.13. The molecule has 0 unspecified atom stereocenters. The lowest BCUT2D eigenvalue weighted by atomic mass is 10.3. The van der Waals surface area contributed by atoms with Crippen LogP contribution < -0.4 is 10.1 Å². The largest absolute Gasteiger partial charge is 0.573 e. The Morgan fingerprint density at radius 1 is 1.31 bits per heavy atom. The molecule has 0 heterocycles. The van der Waals surface area contributed by atoms with Crippen molar-refractivity contribution in [3.05, 3.63) is 24.3 Å². The fraction of sp³-hybridized carbons (Fsp3) is 0.222. The summed E-state index contributed by atoms with van der Waals surface area (Å²) >= 11 is 0. The summed E-state index contributed by atoms with van der Waals surface area (Å²) in [7, 11) is 0. The predicted molar refractivity (Wildman–Crippen MR) is 47.7 cm³/mol. The Labute approximate surface area is 88.0 Å². The van der Waals surface area contributed by atoms with Crippen LogP contribution in [0.15, 0.2) is 24.3 Å². The molecule has 16 heavy (non-hydrogen) atoms. The average Bonchev–Trinajstić information content (AvgIpc) is 2.18. The second kappa shape index (κ2) is 4.82. The Morgan fingerprint density at radius 2 is 1.94 bits per heavy atom. The van der Waals surface area contributed by atoms with E-state index in [1.165, 1.54) is 18.2 Å². The number of ether oxygens (including phenoxy) is 1. The summed E-state index contributed by atoms with van der Waals surface area (Å²) in [6, 6.07) is 4.87. The van der Waals surface area contributed by atoms with Gasteiger partial charge in [-0.3, -0.25) is 4.79 Å². The van der Waals surface area contributed by atoms with Crippen molar-refractivity contribution in [3.63, 3.8) is 0 Å². The van der Waals surface area contributed by atoms with Crippen LogP contribution in [0.3, 0.4) is 0 Å². The summed E-state index contributed by atoms with van der Waals surface area (Å²) in [5.74, 6) is -1.63. The molecule has 1 N–H and O–H groups in total. The molecule has 1 rings (SSSR count).